The fraction of sp³-hybridized carbons (Fsp3) is 0.467. The van der Waals surface area contributed by atoms with Gasteiger partial charge < -0.3 is 9.47 Å². The lowest BCUT2D eigenvalue weighted by Gasteiger charge is -2.18. The Balaban J connectivity index is 2.40. The molecular formula is C15H18N2O5S. The minimum absolute atomic E-state index is 0.0608. The lowest BCUT2D eigenvalue weighted by atomic mass is 10.2. The Kier molecular flexibility index (Phi) is 5.23. The second-order valence-corrected chi connectivity index (χ2v) is 7.06. The topological polar surface area (TPSA) is 96.7 Å². The number of nitriles is 1. The molecule has 1 heterocycles. The van der Waals surface area contributed by atoms with E-state index in [2.05, 4.69) is 0 Å². The van der Waals surface area contributed by atoms with Gasteiger partial charge in [0.05, 0.1) is 12.7 Å². The van der Waals surface area contributed by atoms with Crippen molar-refractivity contribution in [2.45, 2.75) is 30.8 Å². The predicted octanol–water partition coefficient (Wildman–Crippen LogP) is 1.55. The van der Waals surface area contributed by atoms with Gasteiger partial charge >= 0.3 is 5.97 Å². The summed E-state index contributed by atoms with van der Waals surface area (Å²) in [5, 5.41) is 8.69. The van der Waals surface area contributed by atoms with Crippen molar-refractivity contribution >= 4 is 16.0 Å². The number of sulfonamides is 1. The van der Waals surface area contributed by atoms with E-state index in [4.69, 9.17) is 14.7 Å². The van der Waals surface area contributed by atoms with E-state index in [1.54, 1.807) is 6.07 Å². The first-order chi connectivity index (χ1) is 10.9. The average molecular weight is 338 g/mol. The van der Waals surface area contributed by atoms with Crippen LogP contribution >= 0.6 is 0 Å². The molecule has 0 radical (unpaired) electrons. The molecular weight excluding hydrogens is 320 g/mol. The Morgan fingerprint density at radius 1 is 1.35 bits per heavy atom. The monoisotopic (exact) mass is 338 g/mol. The molecule has 8 heteroatoms. The summed E-state index contributed by atoms with van der Waals surface area (Å²) in [5.74, 6) is -0.582. The maximum Gasteiger partial charge on any atom is 0.339 e. The molecule has 124 valence electrons. The summed E-state index contributed by atoms with van der Waals surface area (Å²) in [4.78, 5) is 11.9. The smallest absolute Gasteiger partial charge is 0.339 e. The molecule has 1 aliphatic heterocycles. The number of hydrogen-bond donors (Lipinski definition) is 0. The Labute approximate surface area is 135 Å². The van der Waals surface area contributed by atoms with Crippen LogP contribution in [0.15, 0.2) is 23.1 Å². The van der Waals surface area contributed by atoms with Gasteiger partial charge in [0.15, 0.2) is 6.10 Å². The number of methoxy groups -OCH3 is 1. The van der Waals surface area contributed by atoms with Crippen LogP contribution in [0, 0.1) is 11.3 Å². The molecule has 0 unspecified atom stereocenters. The maximum absolute atomic E-state index is 12.7. The van der Waals surface area contributed by atoms with Crippen LogP contribution in [-0.4, -0.2) is 45.0 Å². The van der Waals surface area contributed by atoms with Crippen molar-refractivity contribution < 1.29 is 22.7 Å². The average Bonchev–Trinajstić information content (AvgIpc) is 3.09. The molecule has 1 aromatic carbocycles. The van der Waals surface area contributed by atoms with E-state index >= 15 is 0 Å². The Morgan fingerprint density at radius 3 is 2.57 bits per heavy atom. The summed E-state index contributed by atoms with van der Waals surface area (Å²) >= 11 is 0. The van der Waals surface area contributed by atoms with Gasteiger partial charge in [-0.05, 0) is 38.0 Å². The van der Waals surface area contributed by atoms with E-state index in [0.29, 0.717) is 13.1 Å². The first-order valence-corrected chi connectivity index (χ1v) is 8.63. The normalized spacial score (nSPS) is 16.6. The van der Waals surface area contributed by atoms with Gasteiger partial charge in [-0.25, -0.2) is 13.2 Å². The fourth-order valence-electron chi connectivity index (χ4n) is 2.33. The van der Waals surface area contributed by atoms with Crippen LogP contribution < -0.4 is 4.74 Å². The largest absolute Gasteiger partial charge is 0.495 e. The lowest BCUT2D eigenvalue weighted by Crippen LogP contribution is -2.28. The highest BCUT2D eigenvalue weighted by Crippen LogP contribution is 2.30. The number of carbonyl (C=O) groups is 1. The minimum Gasteiger partial charge on any atom is -0.495 e. The lowest BCUT2D eigenvalue weighted by molar-refractivity contribution is 0.0435. The van der Waals surface area contributed by atoms with Gasteiger partial charge in [-0.15, -0.1) is 0 Å². The molecule has 1 aliphatic rings. The molecule has 0 saturated carbocycles. The van der Waals surface area contributed by atoms with Gasteiger partial charge in [0, 0.05) is 13.1 Å². The molecule has 1 atom stereocenters. The fourth-order valence-corrected chi connectivity index (χ4v) is 4.03. The Morgan fingerprint density at radius 2 is 2.00 bits per heavy atom. The highest BCUT2D eigenvalue weighted by atomic mass is 32.2. The summed E-state index contributed by atoms with van der Waals surface area (Å²) in [6.07, 6.45) is 0.703. The van der Waals surface area contributed by atoms with Crippen molar-refractivity contribution in [1.82, 2.24) is 4.31 Å². The number of rotatable bonds is 5. The zero-order chi connectivity index (χ0) is 17.0. The number of ether oxygens (including phenoxy) is 2. The summed E-state index contributed by atoms with van der Waals surface area (Å²) in [6, 6.07) is 5.84. The van der Waals surface area contributed by atoms with Crippen LogP contribution in [0.25, 0.3) is 0 Å². The standard InChI is InChI=1S/C15H18N2O5S/c1-11(10-16)22-15(18)12-5-6-13(21-2)14(9-12)23(19,20)17-7-3-4-8-17/h5-6,9,11H,3-4,7-8H2,1-2H3/t11-/m0/s1. The summed E-state index contributed by atoms with van der Waals surface area (Å²) in [5.41, 5.74) is 0.0608. The summed E-state index contributed by atoms with van der Waals surface area (Å²) in [7, 11) is -2.37. The van der Waals surface area contributed by atoms with Crippen LogP contribution in [0.5, 0.6) is 5.75 Å². The van der Waals surface area contributed by atoms with Crippen molar-refractivity contribution in [3.8, 4) is 11.8 Å². The molecule has 0 bridgehead atoms. The minimum atomic E-state index is -3.74. The van der Waals surface area contributed by atoms with Crippen molar-refractivity contribution in [1.29, 1.82) is 5.26 Å². The number of carbonyl (C=O) groups excluding carboxylic acids is 1. The Bertz CT molecular complexity index is 733. The molecule has 0 aliphatic carbocycles. The van der Waals surface area contributed by atoms with E-state index < -0.39 is 22.1 Å². The molecule has 0 amide bonds. The first kappa shape index (κ1) is 17.2. The zero-order valence-corrected chi connectivity index (χ0v) is 13.8. The van der Waals surface area contributed by atoms with Gasteiger partial charge in [0.2, 0.25) is 10.0 Å². The van der Waals surface area contributed by atoms with Gasteiger partial charge in [0.25, 0.3) is 0 Å². The van der Waals surface area contributed by atoms with Crippen LogP contribution in [0.3, 0.4) is 0 Å². The van der Waals surface area contributed by atoms with Gasteiger partial charge in [-0.2, -0.15) is 9.57 Å². The predicted molar refractivity (Wildman–Crippen MR) is 81.5 cm³/mol. The van der Waals surface area contributed by atoms with E-state index in [-0.39, 0.29) is 16.2 Å². The second-order valence-electron chi connectivity index (χ2n) is 5.15. The molecule has 0 aromatic heterocycles. The first-order valence-electron chi connectivity index (χ1n) is 7.19. The molecule has 0 spiro atoms. The molecule has 0 N–H and O–H groups in total. The van der Waals surface area contributed by atoms with Crippen LogP contribution in [0.2, 0.25) is 0 Å². The third-order valence-electron chi connectivity index (χ3n) is 3.55. The van der Waals surface area contributed by atoms with Gasteiger partial charge in [-0.1, -0.05) is 0 Å². The Hall–Kier alpha value is -2.11. The number of nitrogens with zero attached hydrogens (tertiary/aromatic N) is 2. The highest BCUT2D eigenvalue weighted by molar-refractivity contribution is 7.89. The van der Waals surface area contributed by atoms with E-state index in [1.807, 2.05) is 0 Å². The number of hydrogen-bond acceptors (Lipinski definition) is 6. The number of esters is 1. The van der Waals surface area contributed by atoms with E-state index in [0.717, 1.165) is 12.8 Å². The quantitative estimate of drug-likeness (QED) is 0.756. The van der Waals surface area contributed by atoms with Crippen molar-refractivity contribution in [2.24, 2.45) is 0 Å². The van der Waals surface area contributed by atoms with Crippen LogP contribution in [0.1, 0.15) is 30.1 Å². The van der Waals surface area contributed by atoms with Gasteiger partial charge in [0.1, 0.15) is 16.7 Å². The summed E-state index contributed by atoms with van der Waals surface area (Å²) in [6.45, 7) is 2.33. The molecule has 1 saturated heterocycles. The molecule has 2 rings (SSSR count). The molecule has 7 nitrogen and oxygen atoms in total. The van der Waals surface area contributed by atoms with Crippen molar-refractivity contribution in [3.63, 3.8) is 0 Å². The third kappa shape index (κ3) is 3.63. The molecule has 1 fully saturated rings. The summed E-state index contributed by atoms with van der Waals surface area (Å²) < 4.78 is 36.8. The zero-order valence-electron chi connectivity index (χ0n) is 13.0. The van der Waals surface area contributed by atoms with E-state index in [1.165, 1.54) is 36.5 Å². The molecule has 23 heavy (non-hydrogen) atoms. The van der Waals surface area contributed by atoms with E-state index in [9.17, 15) is 13.2 Å². The highest BCUT2D eigenvalue weighted by Gasteiger charge is 2.31. The van der Waals surface area contributed by atoms with Crippen molar-refractivity contribution in [3.05, 3.63) is 23.8 Å². The second kappa shape index (κ2) is 6.98. The molecule has 1 aromatic rings. The van der Waals surface area contributed by atoms with Crippen LogP contribution in [-0.2, 0) is 14.8 Å². The van der Waals surface area contributed by atoms with Crippen molar-refractivity contribution in [2.75, 3.05) is 20.2 Å². The third-order valence-corrected chi connectivity index (χ3v) is 5.47. The SMILES string of the molecule is COc1ccc(C(=O)O[C@@H](C)C#N)cc1S(=O)(=O)N1CCCC1. The van der Waals surface area contributed by atoms with Gasteiger partial charge in [-0.3, -0.25) is 0 Å². The maximum atomic E-state index is 12.7. The number of benzene rings is 1. The van der Waals surface area contributed by atoms with Crippen LogP contribution in [0.4, 0.5) is 0 Å².